The SMILES string of the molecule is Cl.O=C1CCNCC12CCC2. The number of piperidine rings is 1. The quantitative estimate of drug-likeness (QED) is 0.599. The minimum absolute atomic E-state index is 0. The van der Waals surface area contributed by atoms with Gasteiger partial charge in [-0.05, 0) is 12.8 Å². The molecule has 1 saturated heterocycles. The van der Waals surface area contributed by atoms with E-state index in [9.17, 15) is 4.79 Å². The number of rotatable bonds is 0. The fourth-order valence-electron chi connectivity index (χ4n) is 1.95. The van der Waals surface area contributed by atoms with E-state index in [1.54, 1.807) is 0 Å². The van der Waals surface area contributed by atoms with E-state index < -0.39 is 0 Å². The summed E-state index contributed by atoms with van der Waals surface area (Å²) in [7, 11) is 0. The molecular formula is C8H14ClNO. The molecule has 0 atom stereocenters. The molecule has 1 aliphatic heterocycles. The van der Waals surface area contributed by atoms with Gasteiger partial charge in [0.2, 0.25) is 0 Å². The van der Waals surface area contributed by atoms with Crippen molar-refractivity contribution < 1.29 is 4.79 Å². The Kier molecular flexibility index (Phi) is 2.55. The third kappa shape index (κ3) is 1.30. The first-order valence-electron chi connectivity index (χ1n) is 4.08. The van der Waals surface area contributed by atoms with Gasteiger partial charge in [0, 0.05) is 24.9 Å². The maximum Gasteiger partial charge on any atom is 0.141 e. The summed E-state index contributed by atoms with van der Waals surface area (Å²) in [6.07, 6.45) is 4.30. The van der Waals surface area contributed by atoms with Crippen LogP contribution in [0.15, 0.2) is 0 Å². The number of nitrogens with one attached hydrogen (secondary N) is 1. The maximum absolute atomic E-state index is 11.4. The highest BCUT2D eigenvalue weighted by atomic mass is 35.5. The van der Waals surface area contributed by atoms with Crippen molar-refractivity contribution in [2.75, 3.05) is 13.1 Å². The lowest BCUT2D eigenvalue weighted by Crippen LogP contribution is -2.51. The molecule has 0 aromatic heterocycles. The zero-order chi connectivity index (χ0) is 7.03. The Morgan fingerprint density at radius 2 is 2.09 bits per heavy atom. The van der Waals surface area contributed by atoms with Crippen LogP contribution >= 0.6 is 12.4 Å². The molecule has 2 nitrogen and oxygen atoms in total. The first kappa shape index (κ1) is 9.01. The molecule has 11 heavy (non-hydrogen) atoms. The van der Waals surface area contributed by atoms with Gasteiger partial charge >= 0.3 is 0 Å². The lowest BCUT2D eigenvalue weighted by molar-refractivity contribution is -0.135. The van der Waals surface area contributed by atoms with E-state index in [0.29, 0.717) is 5.78 Å². The lowest BCUT2D eigenvalue weighted by Gasteiger charge is -2.43. The minimum Gasteiger partial charge on any atom is -0.315 e. The highest BCUT2D eigenvalue weighted by molar-refractivity contribution is 5.86. The third-order valence-corrected chi connectivity index (χ3v) is 2.89. The summed E-state index contributed by atoms with van der Waals surface area (Å²) in [5.41, 5.74) is 0.109. The summed E-state index contributed by atoms with van der Waals surface area (Å²) in [5.74, 6) is 0.512. The van der Waals surface area contributed by atoms with Gasteiger partial charge in [-0.25, -0.2) is 0 Å². The first-order chi connectivity index (χ1) is 4.83. The average Bonchev–Trinajstić information content (AvgIpc) is 1.85. The molecule has 0 unspecified atom stereocenters. The van der Waals surface area contributed by atoms with E-state index in [4.69, 9.17) is 0 Å². The predicted octanol–water partition coefficient (Wildman–Crippen LogP) is 1.14. The van der Waals surface area contributed by atoms with Gasteiger partial charge in [-0.3, -0.25) is 4.79 Å². The number of hydrogen-bond donors (Lipinski definition) is 1. The van der Waals surface area contributed by atoms with Gasteiger partial charge in [0.15, 0.2) is 0 Å². The molecule has 0 aromatic carbocycles. The fraction of sp³-hybridized carbons (Fsp3) is 0.875. The Morgan fingerprint density at radius 3 is 2.45 bits per heavy atom. The number of ketones is 1. The van der Waals surface area contributed by atoms with Gasteiger partial charge in [-0.1, -0.05) is 6.42 Å². The average molecular weight is 176 g/mol. The van der Waals surface area contributed by atoms with Gasteiger partial charge in [0.25, 0.3) is 0 Å². The molecule has 1 heterocycles. The Labute approximate surface area is 73.1 Å². The number of hydrogen-bond acceptors (Lipinski definition) is 2. The number of halogens is 1. The fourth-order valence-corrected chi connectivity index (χ4v) is 1.95. The van der Waals surface area contributed by atoms with Gasteiger partial charge < -0.3 is 5.32 Å². The molecule has 3 heteroatoms. The highest BCUT2D eigenvalue weighted by Crippen LogP contribution is 2.42. The van der Waals surface area contributed by atoms with Crippen LogP contribution in [-0.4, -0.2) is 18.9 Å². The van der Waals surface area contributed by atoms with Gasteiger partial charge in [-0.15, -0.1) is 12.4 Å². The summed E-state index contributed by atoms with van der Waals surface area (Å²) in [6, 6.07) is 0. The van der Waals surface area contributed by atoms with Crippen molar-refractivity contribution in [2.24, 2.45) is 5.41 Å². The van der Waals surface area contributed by atoms with E-state index >= 15 is 0 Å². The van der Waals surface area contributed by atoms with Crippen LogP contribution < -0.4 is 5.32 Å². The van der Waals surface area contributed by atoms with Gasteiger partial charge in [-0.2, -0.15) is 0 Å². The lowest BCUT2D eigenvalue weighted by atomic mass is 9.64. The van der Waals surface area contributed by atoms with E-state index in [1.165, 1.54) is 6.42 Å². The van der Waals surface area contributed by atoms with Crippen molar-refractivity contribution in [3.63, 3.8) is 0 Å². The van der Waals surface area contributed by atoms with Crippen LogP contribution in [-0.2, 0) is 4.79 Å². The van der Waals surface area contributed by atoms with Crippen LogP contribution in [0, 0.1) is 5.41 Å². The Hall–Kier alpha value is -0.0800. The molecule has 1 spiro atoms. The standard InChI is InChI=1S/C8H13NO.ClH/c10-7-2-5-9-6-8(7)3-1-4-8;/h9H,1-6H2;1H. The van der Waals surface area contributed by atoms with Crippen molar-refractivity contribution in [3.8, 4) is 0 Å². The maximum atomic E-state index is 11.4. The van der Waals surface area contributed by atoms with Crippen LogP contribution in [0.1, 0.15) is 25.7 Å². The summed E-state index contributed by atoms with van der Waals surface area (Å²) >= 11 is 0. The summed E-state index contributed by atoms with van der Waals surface area (Å²) in [4.78, 5) is 11.4. The molecule has 2 rings (SSSR count). The summed E-state index contributed by atoms with van der Waals surface area (Å²) < 4.78 is 0. The molecule has 0 amide bonds. The molecular weight excluding hydrogens is 162 g/mol. The van der Waals surface area contributed by atoms with E-state index in [2.05, 4.69) is 5.32 Å². The van der Waals surface area contributed by atoms with Crippen LogP contribution in [0.25, 0.3) is 0 Å². The van der Waals surface area contributed by atoms with Gasteiger partial charge in [0.05, 0.1) is 0 Å². The van der Waals surface area contributed by atoms with E-state index in [-0.39, 0.29) is 17.8 Å². The van der Waals surface area contributed by atoms with Crippen LogP contribution in [0.4, 0.5) is 0 Å². The monoisotopic (exact) mass is 175 g/mol. The highest BCUT2D eigenvalue weighted by Gasteiger charge is 2.44. The normalized spacial score (nSPS) is 27.5. The molecule has 1 aliphatic carbocycles. The van der Waals surface area contributed by atoms with Crippen molar-refractivity contribution >= 4 is 18.2 Å². The van der Waals surface area contributed by atoms with Gasteiger partial charge in [0.1, 0.15) is 5.78 Å². The molecule has 1 saturated carbocycles. The van der Waals surface area contributed by atoms with E-state index in [0.717, 1.165) is 32.4 Å². The largest absolute Gasteiger partial charge is 0.315 e. The zero-order valence-electron chi connectivity index (χ0n) is 6.56. The zero-order valence-corrected chi connectivity index (χ0v) is 7.38. The number of carbonyl (C=O) groups is 1. The Balaban J connectivity index is 0.000000605. The second kappa shape index (κ2) is 3.11. The van der Waals surface area contributed by atoms with Crippen molar-refractivity contribution in [3.05, 3.63) is 0 Å². The van der Waals surface area contributed by atoms with Crippen molar-refractivity contribution in [1.82, 2.24) is 5.32 Å². The van der Waals surface area contributed by atoms with Crippen LogP contribution in [0.3, 0.4) is 0 Å². The topological polar surface area (TPSA) is 29.1 Å². The van der Waals surface area contributed by atoms with Crippen LogP contribution in [0.5, 0.6) is 0 Å². The molecule has 64 valence electrons. The molecule has 0 aromatic rings. The number of Topliss-reactive ketones (excluding diaryl/α,β-unsaturated/α-hetero) is 1. The molecule has 2 fully saturated rings. The second-order valence-corrected chi connectivity index (χ2v) is 3.48. The summed E-state index contributed by atoms with van der Waals surface area (Å²) in [6.45, 7) is 1.85. The van der Waals surface area contributed by atoms with E-state index in [1.807, 2.05) is 0 Å². The molecule has 0 bridgehead atoms. The minimum atomic E-state index is 0. The molecule has 2 aliphatic rings. The first-order valence-corrected chi connectivity index (χ1v) is 4.08. The van der Waals surface area contributed by atoms with Crippen molar-refractivity contribution in [2.45, 2.75) is 25.7 Å². The number of carbonyl (C=O) groups excluding carboxylic acids is 1. The Bertz CT molecular complexity index is 165. The predicted molar refractivity (Wildman–Crippen MR) is 46.0 cm³/mol. The second-order valence-electron chi connectivity index (χ2n) is 3.48. The smallest absolute Gasteiger partial charge is 0.141 e. The molecule has 1 N–H and O–H groups in total. The Morgan fingerprint density at radius 1 is 1.36 bits per heavy atom. The van der Waals surface area contributed by atoms with Crippen molar-refractivity contribution in [1.29, 1.82) is 0 Å². The molecule has 0 radical (unpaired) electrons. The third-order valence-electron chi connectivity index (χ3n) is 2.89. The summed E-state index contributed by atoms with van der Waals surface area (Å²) in [5, 5.41) is 3.29. The van der Waals surface area contributed by atoms with Crippen LogP contribution in [0.2, 0.25) is 0 Å².